The van der Waals surface area contributed by atoms with Gasteiger partial charge in [-0.2, -0.15) is 4.98 Å². The summed E-state index contributed by atoms with van der Waals surface area (Å²) in [6, 6.07) is 15.8. The minimum absolute atomic E-state index is 0.102. The summed E-state index contributed by atoms with van der Waals surface area (Å²) in [6.07, 6.45) is 2.95. The fourth-order valence-electron chi connectivity index (χ4n) is 3.91. The lowest BCUT2D eigenvalue weighted by atomic mass is 9.94. The molecule has 6 nitrogen and oxygen atoms in total. The number of nitrogens with zero attached hydrogens (tertiary/aromatic N) is 3. The van der Waals surface area contributed by atoms with Crippen LogP contribution < -0.4 is 5.32 Å². The standard InChI is InChI=1S/C26H30N4O2S/c1-16(2)14-15-30-18(4)22(23(27-26(30)31)19-8-6-17(3)7-9-19)25-28-24(29-32-25)20-10-12-21(33-5)13-11-20/h6-13,16,23H,14-15H2,1-5H3,(H,27,31). The van der Waals surface area contributed by atoms with E-state index in [2.05, 4.69) is 24.3 Å². The Labute approximate surface area is 199 Å². The second kappa shape index (κ2) is 9.83. The molecule has 2 heterocycles. The molecule has 0 saturated carbocycles. The van der Waals surface area contributed by atoms with Gasteiger partial charge in [0.15, 0.2) is 0 Å². The molecule has 33 heavy (non-hydrogen) atoms. The number of urea groups is 1. The molecule has 2 aromatic carbocycles. The molecule has 1 N–H and O–H groups in total. The van der Waals surface area contributed by atoms with Gasteiger partial charge in [-0.25, -0.2) is 4.79 Å². The Morgan fingerprint density at radius 2 is 1.79 bits per heavy atom. The zero-order valence-electron chi connectivity index (χ0n) is 19.8. The summed E-state index contributed by atoms with van der Waals surface area (Å²) in [4.78, 5) is 20.7. The van der Waals surface area contributed by atoms with Crippen molar-refractivity contribution >= 4 is 23.4 Å². The van der Waals surface area contributed by atoms with Crippen LogP contribution in [0.4, 0.5) is 4.79 Å². The van der Waals surface area contributed by atoms with E-state index in [0.29, 0.717) is 24.2 Å². The van der Waals surface area contributed by atoms with Crippen LogP contribution in [-0.4, -0.2) is 33.9 Å². The van der Waals surface area contributed by atoms with E-state index in [9.17, 15) is 4.79 Å². The van der Waals surface area contributed by atoms with Gasteiger partial charge in [-0.15, -0.1) is 11.8 Å². The zero-order valence-corrected chi connectivity index (χ0v) is 20.6. The van der Waals surface area contributed by atoms with E-state index in [-0.39, 0.29) is 12.1 Å². The molecule has 0 aliphatic carbocycles. The van der Waals surface area contributed by atoms with E-state index in [0.717, 1.165) is 34.4 Å². The Hall–Kier alpha value is -3.06. The molecule has 1 aliphatic rings. The van der Waals surface area contributed by atoms with Crippen LogP contribution in [0.3, 0.4) is 0 Å². The number of amides is 2. The van der Waals surface area contributed by atoms with Crippen molar-refractivity contribution < 1.29 is 9.32 Å². The number of rotatable bonds is 7. The summed E-state index contributed by atoms with van der Waals surface area (Å²) in [5, 5.41) is 7.42. The molecule has 0 fully saturated rings. The lowest BCUT2D eigenvalue weighted by molar-refractivity contribution is 0.202. The molecule has 1 aromatic heterocycles. The summed E-state index contributed by atoms with van der Waals surface area (Å²) in [7, 11) is 0. The highest BCUT2D eigenvalue weighted by Crippen LogP contribution is 2.37. The molecule has 1 atom stereocenters. The number of nitrogens with one attached hydrogen (secondary N) is 1. The number of aromatic nitrogens is 2. The fourth-order valence-corrected chi connectivity index (χ4v) is 4.32. The van der Waals surface area contributed by atoms with Gasteiger partial charge >= 0.3 is 6.03 Å². The largest absolute Gasteiger partial charge is 0.334 e. The van der Waals surface area contributed by atoms with Gasteiger partial charge < -0.3 is 9.84 Å². The quantitative estimate of drug-likeness (QED) is 0.417. The van der Waals surface area contributed by atoms with Crippen molar-refractivity contribution in [1.82, 2.24) is 20.4 Å². The maximum Gasteiger partial charge on any atom is 0.322 e. The second-order valence-corrected chi connectivity index (χ2v) is 9.66. The first kappa shape index (κ1) is 23.1. The van der Waals surface area contributed by atoms with E-state index in [4.69, 9.17) is 9.51 Å². The number of hydrogen-bond acceptors (Lipinski definition) is 5. The van der Waals surface area contributed by atoms with Gasteiger partial charge in [0, 0.05) is 22.7 Å². The number of hydrogen-bond donors (Lipinski definition) is 1. The number of benzene rings is 2. The van der Waals surface area contributed by atoms with Gasteiger partial charge in [0.25, 0.3) is 5.89 Å². The van der Waals surface area contributed by atoms with Crippen LogP contribution in [0.5, 0.6) is 0 Å². The van der Waals surface area contributed by atoms with E-state index in [1.807, 2.05) is 68.6 Å². The molecule has 0 saturated heterocycles. The molecule has 1 unspecified atom stereocenters. The number of allylic oxidation sites excluding steroid dienone is 1. The molecule has 7 heteroatoms. The topological polar surface area (TPSA) is 71.3 Å². The van der Waals surface area contributed by atoms with E-state index in [1.54, 1.807) is 16.7 Å². The molecule has 0 bridgehead atoms. The average Bonchev–Trinajstić information content (AvgIpc) is 3.28. The lowest BCUT2D eigenvalue weighted by Crippen LogP contribution is -2.46. The maximum atomic E-state index is 13.0. The number of carbonyl (C=O) groups is 1. The Morgan fingerprint density at radius 1 is 1.09 bits per heavy atom. The molecule has 3 aromatic rings. The molecule has 0 radical (unpaired) electrons. The van der Waals surface area contributed by atoms with Crippen molar-refractivity contribution in [3.05, 3.63) is 71.2 Å². The number of thioether (sulfide) groups is 1. The first-order valence-electron chi connectivity index (χ1n) is 11.2. The number of aryl methyl sites for hydroxylation is 1. The summed E-state index contributed by atoms with van der Waals surface area (Å²) >= 11 is 1.69. The molecule has 1 aliphatic heterocycles. The smallest absolute Gasteiger partial charge is 0.322 e. The van der Waals surface area contributed by atoms with Gasteiger partial charge in [0.05, 0.1) is 11.6 Å². The van der Waals surface area contributed by atoms with Gasteiger partial charge in [0.1, 0.15) is 0 Å². The molecule has 2 amide bonds. The number of carbonyl (C=O) groups excluding carboxylic acids is 1. The van der Waals surface area contributed by atoms with E-state index in [1.165, 1.54) is 4.90 Å². The van der Waals surface area contributed by atoms with Crippen molar-refractivity contribution in [2.24, 2.45) is 5.92 Å². The normalized spacial score (nSPS) is 16.5. The Bertz CT molecular complexity index is 1150. The lowest BCUT2D eigenvalue weighted by Gasteiger charge is -2.35. The minimum atomic E-state index is -0.361. The molecular weight excluding hydrogens is 432 g/mol. The Balaban J connectivity index is 1.76. The predicted octanol–water partition coefficient (Wildman–Crippen LogP) is 6.31. The molecular formula is C26H30N4O2S. The van der Waals surface area contributed by atoms with Crippen molar-refractivity contribution in [1.29, 1.82) is 0 Å². The van der Waals surface area contributed by atoms with Crippen LogP contribution in [0.25, 0.3) is 17.0 Å². The Morgan fingerprint density at radius 3 is 2.42 bits per heavy atom. The highest BCUT2D eigenvalue weighted by molar-refractivity contribution is 7.98. The van der Waals surface area contributed by atoms with Gasteiger partial charge in [-0.3, -0.25) is 4.90 Å². The summed E-state index contributed by atoms with van der Waals surface area (Å²) in [5.74, 6) is 1.45. The van der Waals surface area contributed by atoms with Gasteiger partial charge in [-0.05, 0) is 62.3 Å². The van der Waals surface area contributed by atoms with Gasteiger partial charge in [-0.1, -0.05) is 48.8 Å². The van der Waals surface area contributed by atoms with Crippen LogP contribution in [0.2, 0.25) is 0 Å². The summed E-state index contributed by atoms with van der Waals surface area (Å²) in [6.45, 7) is 8.96. The average molecular weight is 463 g/mol. The fraction of sp³-hybridized carbons (Fsp3) is 0.346. The van der Waals surface area contributed by atoms with Gasteiger partial charge in [0.2, 0.25) is 5.82 Å². The molecule has 0 spiro atoms. The predicted molar refractivity (Wildman–Crippen MR) is 133 cm³/mol. The highest BCUT2D eigenvalue weighted by Gasteiger charge is 2.35. The third kappa shape index (κ3) is 4.98. The van der Waals surface area contributed by atoms with Crippen LogP contribution in [0.15, 0.2) is 63.6 Å². The van der Waals surface area contributed by atoms with Crippen molar-refractivity contribution in [2.75, 3.05) is 12.8 Å². The van der Waals surface area contributed by atoms with Crippen molar-refractivity contribution in [3.63, 3.8) is 0 Å². The van der Waals surface area contributed by atoms with Crippen molar-refractivity contribution in [3.8, 4) is 11.4 Å². The molecule has 172 valence electrons. The summed E-state index contributed by atoms with van der Waals surface area (Å²) < 4.78 is 5.77. The molecule has 4 rings (SSSR count). The van der Waals surface area contributed by atoms with Crippen molar-refractivity contribution in [2.45, 2.75) is 45.1 Å². The van der Waals surface area contributed by atoms with E-state index < -0.39 is 0 Å². The van der Waals surface area contributed by atoms with E-state index >= 15 is 0 Å². The second-order valence-electron chi connectivity index (χ2n) is 8.78. The first-order chi connectivity index (χ1) is 15.9. The highest BCUT2D eigenvalue weighted by atomic mass is 32.2. The third-order valence-electron chi connectivity index (χ3n) is 5.94. The first-order valence-corrected chi connectivity index (χ1v) is 12.4. The van der Waals surface area contributed by atoms with Crippen LogP contribution in [0.1, 0.15) is 50.3 Å². The van der Waals surface area contributed by atoms with Crippen LogP contribution in [-0.2, 0) is 0 Å². The monoisotopic (exact) mass is 462 g/mol. The van der Waals surface area contributed by atoms with Crippen LogP contribution >= 0.6 is 11.8 Å². The maximum absolute atomic E-state index is 13.0. The minimum Gasteiger partial charge on any atom is -0.334 e. The van der Waals surface area contributed by atoms with Crippen LogP contribution in [0, 0.1) is 12.8 Å². The SMILES string of the molecule is CSc1ccc(-c2noc(C3=C(C)N(CCC(C)C)C(=O)NC3c3ccc(C)cc3)n2)cc1. The Kier molecular flexibility index (Phi) is 6.88. The summed E-state index contributed by atoms with van der Waals surface area (Å²) in [5.41, 5.74) is 4.72. The zero-order chi connectivity index (χ0) is 23.5. The third-order valence-corrected chi connectivity index (χ3v) is 6.69.